The zero-order valence-electron chi connectivity index (χ0n) is 14.9. The Morgan fingerprint density at radius 1 is 1.29 bits per heavy atom. The topological polar surface area (TPSA) is 75.7 Å². The number of benzene rings is 1. The molecule has 1 amide bonds. The van der Waals surface area contributed by atoms with Crippen molar-refractivity contribution in [2.45, 2.75) is 46.1 Å². The Bertz CT molecular complexity index is 629. The van der Waals surface area contributed by atoms with E-state index in [4.69, 9.17) is 4.74 Å². The van der Waals surface area contributed by atoms with Gasteiger partial charge in [0.15, 0.2) is 0 Å². The Balaban J connectivity index is 2.90. The van der Waals surface area contributed by atoms with Crippen LogP contribution >= 0.6 is 0 Å². The second-order valence-electron chi connectivity index (χ2n) is 5.92. The summed E-state index contributed by atoms with van der Waals surface area (Å²) in [5.74, 6) is 0.337. The molecule has 0 fully saturated rings. The van der Waals surface area contributed by atoms with Gasteiger partial charge in [0.25, 0.3) is 0 Å². The van der Waals surface area contributed by atoms with Gasteiger partial charge >= 0.3 is 0 Å². The lowest BCUT2D eigenvalue weighted by Gasteiger charge is -2.25. The second-order valence-corrected chi connectivity index (χ2v) is 7.83. The number of unbranched alkanes of at least 4 members (excludes halogenated alkanes) is 1. The van der Waals surface area contributed by atoms with Gasteiger partial charge in [-0.2, -0.15) is 0 Å². The van der Waals surface area contributed by atoms with E-state index in [1.54, 1.807) is 24.3 Å². The molecule has 7 heteroatoms. The van der Waals surface area contributed by atoms with Gasteiger partial charge in [-0.05, 0) is 32.4 Å². The van der Waals surface area contributed by atoms with Crippen molar-refractivity contribution in [2.75, 3.05) is 23.7 Å². The first kappa shape index (κ1) is 20.3. The molecule has 0 spiro atoms. The maximum atomic E-state index is 12.2. The molecule has 0 aliphatic carbocycles. The van der Waals surface area contributed by atoms with E-state index in [2.05, 4.69) is 5.32 Å². The van der Waals surface area contributed by atoms with Crippen LogP contribution in [0.25, 0.3) is 0 Å². The van der Waals surface area contributed by atoms with Gasteiger partial charge in [0.2, 0.25) is 15.9 Å². The molecule has 1 rings (SSSR count). The van der Waals surface area contributed by atoms with Crippen LogP contribution in [0.5, 0.6) is 5.75 Å². The predicted molar refractivity (Wildman–Crippen MR) is 96.9 cm³/mol. The molecule has 0 heterocycles. The highest BCUT2D eigenvalue weighted by Gasteiger charge is 2.22. The number of carbonyl (C=O) groups is 1. The van der Waals surface area contributed by atoms with Crippen LogP contribution < -0.4 is 14.4 Å². The summed E-state index contributed by atoms with van der Waals surface area (Å²) in [5, 5.41) is 2.80. The summed E-state index contributed by atoms with van der Waals surface area (Å²) in [4.78, 5) is 11.9. The van der Waals surface area contributed by atoms with Crippen molar-refractivity contribution in [3.8, 4) is 5.75 Å². The molecule has 24 heavy (non-hydrogen) atoms. The Kier molecular flexibility index (Phi) is 8.04. The summed E-state index contributed by atoms with van der Waals surface area (Å²) >= 11 is 0. The minimum absolute atomic E-state index is 0.0786. The standard InChI is InChI=1S/C17H28N2O4S/c1-5-6-12-18-17(20)11-13-19(24(4,21)22)15-9-7-8-10-16(15)23-14(2)3/h7-10,14H,5-6,11-13H2,1-4H3,(H,18,20). The maximum Gasteiger partial charge on any atom is 0.232 e. The molecule has 0 unspecified atom stereocenters. The molecular formula is C17H28N2O4S. The minimum Gasteiger partial charge on any atom is -0.489 e. The number of hydrogen-bond donors (Lipinski definition) is 1. The molecule has 0 saturated carbocycles. The van der Waals surface area contributed by atoms with Crippen LogP contribution in [0, 0.1) is 0 Å². The molecule has 1 aromatic carbocycles. The van der Waals surface area contributed by atoms with Crippen molar-refractivity contribution in [3.05, 3.63) is 24.3 Å². The van der Waals surface area contributed by atoms with E-state index in [0.29, 0.717) is 18.0 Å². The Labute approximate surface area is 145 Å². The monoisotopic (exact) mass is 356 g/mol. The predicted octanol–water partition coefficient (Wildman–Crippen LogP) is 2.55. The van der Waals surface area contributed by atoms with Crippen molar-refractivity contribution in [1.29, 1.82) is 0 Å². The number of hydrogen-bond acceptors (Lipinski definition) is 4. The molecule has 136 valence electrons. The molecule has 0 radical (unpaired) electrons. The number of anilines is 1. The molecule has 1 aromatic rings. The lowest BCUT2D eigenvalue weighted by Crippen LogP contribution is -2.35. The quantitative estimate of drug-likeness (QED) is 0.654. The van der Waals surface area contributed by atoms with Gasteiger partial charge in [0, 0.05) is 19.5 Å². The van der Waals surface area contributed by atoms with Crippen molar-refractivity contribution in [2.24, 2.45) is 0 Å². The third-order valence-electron chi connectivity index (χ3n) is 3.29. The molecule has 0 saturated heterocycles. The molecule has 0 aliphatic heterocycles. The SMILES string of the molecule is CCCCNC(=O)CCN(c1ccccc1OC(C)C)S(C)(=O)=O. The molecule has 0 atom stereocenters. The third-order valence-corrected chi connectivity index (χ3v) is 4.47. The Morgan fingerprint density at radius 2 is 1.96 bits per heavy atom. The van der Waals surface area contributed by atoms with Crippen molar-refractivity contribution >= 4 is 21.6 Å². The van der Waals surface area contributed by atoms with E-state index in [-0.39, 0.29) is 25.0 Å². The molecule has 0 bridgehead atoms. The Hall–Kier alpha value is -1.76. The number of nitrogens with zero attached hydrogens (tertiary/aromatic N) is 1. The van der Waals surface area contributed by atoms with E-state index in [1.165, 1.54) is 4.31 Å². The fraction of sp³-hybridized carbons (Fsp3) is 0.588. The minimum atomic E-state index is -3.52. The van der Waals surface area contributed by atoms with Crippen LogP contribution in [0.15, 0.2) is 24.3 Å². The van der Waals surface area contributed by atoms with E-state index in [1.807, 2.05) is 20.8 Å². The Morgan fingerprint density at radius 3 is 2.54 bits per heavy atom. The van der Waals surface area contributed by atoms with Gasteiger partial charge in [-0.15, -0.1) is 0 Å². The van der Waals surface area contributed by atoms with Gasteiger partial charge in [0.1, 0.15) is 5.75 Å². The molecule has 0 aliphatic rings. The smallest absolute Gasteiger partial charge is 0.232 e. The first-order chi connectivity index (χ1) is 11.3. The van der Waals surface area contributed by atoms with Gasteiger partial charge < -0.3 is 10.1 Å². The number of amides is 1. The average molecular weight is 356 g/mol. The third kappa shape index (κ3) is 6.78. The van der Waals surface area contributed by atoms with Crippen LogP contribution in [0.4, 0.5) is 5.69 Å². The van der Waals surface area contributed by atoms with Gasteiger partial charge in [-0.3, -0.25) is 9.10 Å². The number of nitrogens with one attached hydrogen (secondary N) is 1. The maximum absolute atomic E-state index is 12.2. The van der Waals surface area contributed by atoms with Crippen LogP contribution in [0.1, 0.15) is 40.0 Å². The van der Waals surface area contributed by atoms with E-state index >= 15 is 0 Å². The summed E-state index contributed by atoms with van der Waals surface area (Å²) in [6.45, 7) is 6.49. The average Bonchev–Trinajstić information content (AvgIpc) is 2.47. The highest BCUT2D eigenvalue weighted by molar-refractivity contribution is 7.92. The summed E-state index contributed by atoms with van der Waals surface area (Å²) in [6, 6.07) is 6.96. The van der Waals surface area contributed by atoms with Gasteiger partial charge in [-0.1, -0.05) is 25.5 Å². The van der Waals surface area contributed by atoms with Crippen LogP contribution in [-0.4, -0.2) is 39.8 Å². The highest BCUT2D eigenvalue weighted by Crippen LogP contribution is 2.30. The lowest BCUT2D eigenvalue weighted by molar-refractivity contribution is -0.120. The van der Waals surface area contributed by atoms with Crippen molar-refractivity contribution < 1.29 is 17.9 Å². The summed E-state index contributed by atoms with van der Waals surface area (Å²) in [5.41, 5.74) is 0.454. The van der Waals surface area contributed by atoms with Gasteiger partial charge in [-0.25, -0.2) is 8.42 Å². The van der Waals surface area contributed by atoms with Crippen LogP contribution in [0.3, 0.4) is 0 Å². The fourth-order valence-corrected chi connectivity index (χ4v) is 3.11. The number of sulfonamides is 1. The zero-order chi connectivity index (χ0) is 18.2. The van der Waals surface area contributed by atoms with Crippen LogP contribution in [0.2, 0.25) is 0 Å². The molecule has 1 N–H and O–H groups in total. The number of ether oxygens (including phenoxy) is 1. The summed E-state index contributed by atoms with van der Waals surface area (Å²) < 4.78 is 31.3. The van der Waals surface area contributed by atoms with Crippen molar-refractivity contribution in [3.63, 3.8) is 0 Å². The van der Waals surface area contributed by atoms with Crippen LogP contribution in [-0.2, 0) is 14.8 Å². The first-order valence-corrected chi connectivity index (χ1v) is 10.1. The van der Waals surface area contributed by atoms with Crippen molar-refractivity contribution in [1.82, 2.24) is 5.32 Å². The molecular weight excluding hydrogens is 328 g/mol. The summed E-state index contributed by atoms with van der Waals surface area (Å²) in [6.07, 6.45) is 3.06. The number of carbonyl (C=O) groups excluding carboxylic acids is 1. The number of para-hydroxylation sites is 2. The summed E-state index contributed by atoms with van der Waals surface area (Å²) in [7, 11) is -3.52. The van der Waals surface area contributed by atoms with E-state index < -0.39 is 10.0 Å². The van der Waals surface area contributed by atoms with E-state index in [0.717, 1.165) is 19.1 Å². The molecule has 0 aromatic heterocycles. The highest BCUT2D eigenvalue weighted by atomic mass is 32.2. The number of rotatable bonds is 10. The van der Waals surface area contributed by atoms with E-state index in [9.17, 15) is 13.2 Å². The van der Waals surface area contributed by atoms with Gasteiger partial charge in [0.05, 0.1) is 18.0 Å². The first-order valence-electron chi connectivity index (χ1n) is 8.25. The fourth-order valence-electron chi connectivity index (χ4n) is 2.18. The second kappa shape index (κ2) is 9.52. The zero-order valence-corrected chi connectivity index (χ0v) is 15.7. The largest absolute Gasteiger partial charge is 0.489 e. The normalized spacial score (nSPS) is 11.4. The molecule has 6 nitrogen and oxygen atoms in total. The lowest BCUT2D eigenvalue weighted by atomic mass is 10.2.